The number of nitrogens with zero attached hydrogens (tertiary/aromatic N) is 3. The van der Waals surface area contributed by atoms with Crippen LogP contribution in [0.2, 0.25) is 0 Å². The first kappa shape index (κ1) is 18.7. The Morgan fingerprint density at radius 1 is 1.10 bits per heavy atom. The lowest BCUT2D eigenvalue weighted by Gasteiger charge is -2.34. The number of aromatic nitrogens is 2. The molecule has 1 saturated carbocycles. The predicted molar refractivity (Wildman–Crippen MR) is 114 cm³/mol. The molecular weight excluding hydrogens is 380 g/mol. The smallest absolute Gasteiger partial charge is 0.269 e. The zero-order valence-corrected chi connectivity index (χ0v) is 17.1. The van der Waals surface area contributed by atoms with Gasteiger partial charge in [-0.3, -0.25) is 14.9 Å². The number of nitrogens with one attached hydrogen (secondary N) is 1. The third kappa shape index (κ3) is 2.47. The van der Waals surface area contributed by atoms with E-state index in [0.717, 1.165) is 35.3 Å². The molecule has 0 saturated heterocycles. The van der Waals surface area contributed by atoms with Gasteiger partial charge in [0.15, 0.2) is 0 Å². The number of carbonyl (C=O) groups is 1. The lowest BCUT2D eigenvalue weighted by Crippen LogP contribution is -2.31. The van der Waals surface area contributed by atoms with E-state index in [-0.39, 0.29) is 22.4 Å². The largest absolute Gasteiger partial charge is 0.322 e. The molecule has 7 heteroatoms. The van der Waals surface area contributed by atoms with Gasteiger partial charge in [-0.05, 0) is 48.6 Å². The van der Waals surface area contributed by atoms with Gasteiger partial charge in [0.05, 0.1) is 27.3 Å². The van der Waals surface area contributed by atoms with Gasteiger partial charge in [-0.15, -0.1) is 0 Å². The summed E-state index contributed by atoms with van der Waals surface area (Å²) in [4.78, 5) is 32.8. The molecule has 2 unspecified atom stereocenters. The maximum absolute atomic E-state index is 12.5. The zero-order chi connectivity index (χ0) is 21.3. The van der Waals surface area contributed by atoms with Crippen molar-refractivity contribution in [2.45, 2.75) is 44.9 Å². The molecule has 2 atom stereocenters. The van der Waals surface area contributed by atoms with Crippen LogP contribution in [0.25, 0.3) is 11.0 Å². The summed E-state index contributed by atoms with van der Waals surface area (Å²) >= 11 is 0. The van der Waals surface area contributed by atoms with Gasteiger partial charge < -0.3 is 5.32 Å². The van der Waals surface area contributed by atoms with E-state index in [9.17, 15) is 14.9 Å². The van der Waals surface area contributed by atoms with Crippen molar-refractivity contribution in [3.05, 3.63) is 69.5 Å². The van der Waals surface area contributed by atoms with Crippen molar-refractivity contribution >= 4 is 28.3 Å². The molecule has 3 aromatic rings. The fourth-order valence-corrected chi connectivity index (χ4v) is 5.14. The van der Waals surface area contributed by atoms with Crippen molar-refractivity contribution in [1.82, 2.24) is 9.97 Å². The van der Waals surface area contributed by atoms with Crippen LogP contribution in [-0.2, 0) is 5.41 Å². The molecule has 1 amide bonds. The van der Waals surface area contributed by atoms with Crippen LogP contribution in [0.1, 0.15) is 61.3 Å². The minimum Gasteiger partial charge on any atom is -0.322 e. The van der Waals surface area contributed by atoms with Crippen LogP contribution in [0.4, 0.5) is 11.4 Å². The van der Waals surface area contributed by atoms with Crippen LogP contribution in [0.15, 0.2) is 42.5 Å². The minimum absolute atomic E-state index is 0.0488. The monoisotopic (exact) mass is 402 g/mol. The molecule has 1 fully saturated rings. The number of fused-ring (bicyclic) bond motifs is 6. The van der Waals surface area contributed by atoms with Crippen molar-refractivity contribution in [3.63, 3.8) is 0 Å². The van der Waals surface area contributed by atoms with Crippen molar-refractivity contribution in [2.24, 2.45) is 5.41 Å². The Morgan fingerprint density at radius 3 is 2.53 bits per heavy atom. The number of amides is 1. The van der Waals surface area contributed by atoms with Crippen molar-refractivity contribution in [2.75, 3.05) is 5.32 Å². The topological polar surface area (TPSA) is 98.0 Å². The van der Waals surface area contributed by atoms with Gasteiger partial charge in [0.2, 0.25) is 0 Å². The van der Waals surface area contributed by atoms with Gasteiger partial charge in [-0.25, -0.2) is 9.97 Å². The maximum Gasteiger partial charge on any atom is 0.269 e. The molecule has 2 aromatic carbocycles. The lowest BCUT2D eigenvalue weighted by atomic mass is 9.70. The summed E-state index contributed by atoms with van der Waals surface area (Å²) in [5.41, 5.74) is 4.93. The van der Waals surface area contributed by atoms with Crippen LogP contribution in [0.5, 0.6) is 0 Å². The summed E-state index contributed by atoms with van der Waals surface area (Å²) in [6.07, 6.45) is 2.27. The van der Waals surface area contributed by atoms with Crippen molar-refractivity contribution in [1.29, 1.82) is 0 Å². The number of non-ortho nitro benzene ring substituents is 1. The standard InChI is InChI=1S/C23H22N4O3/c1-22(2)16-10-11-23(22,3)20-19(16)25-18-12-14(6-9-17(18)26-20)24-21(28)13-4-7-15(8-5-13)27(29)30/h4-9,12,16H,10-11H2,1-3H3,(H,24,28). The van der Waals surface area contributed by atoms with Crippen LogP contribution in [0.3, 0.4) is 0 Å². The van der Waals surface area contributed by atoms with E-state index in [1.807, 2.05) is 18.2 Å². The summed E-state index contributed by atoms with van der Waals surface area (Å²) in [5.74, 6) is 0.0822. The van der Waals surface area contributed by atoms with Gasteiger partial charge in [0.25, 0.3) is 11.6 Å². The number of carbonyl (C=O) groups excluding carboxylic acids is 1. The zero-order valence-electron chi connectivity index (χ0n) is 17.1. The van der Waals surface area contributed by atoms with E-state index in [1.54, 1.807) is 0 Å². The molecule has 0 spiro atoms. The highest BCUT2D eigenvalue weighted by Crippen LogP contribution is 2.66. The first-order valence-electron chi connectivity index (χ1n) is 10.1. The van der Waals surface area contributed by atoms with Gasteiger partial charge in [-0.1, -0.05) is 20.8 Å². The van der Waals surface area contributed by atoms with E-state index in [1.165, 1.54) is 24.3 Å². The molecule has 1 aromatic heterocycles. The third-order valence-corrected chi connectivity index (χ3v) is 7.37. The Morgan fingerprint density at radius 2 is 1.83 bits per heavy atom. The average Bonchev–Trinajstić information content (AvgIpc) is 3.04. The molecule has 0 aliphatic heterocycles. The molecule has 2 aliphatic rings. The Balaban J connectivity index is 1.46. The SMILES string of the molecule is CC12CCC(c3nc4cc(NC(=O)c5ccc([N+](=O)[O-])cc5)ccc4nc31)C2(C)C. The number of nitro groups is 1. The number of rotatable bonds is 3. The summed E-state index contributed by atoms with van der Waals surface area (Å²) in [6, 6.07) is 11.1. The maximum atomic E-state index is 12.5. The minimum atomic E-state index is -0.490. The normalized spacial score (nSPS) is 23.4. The Kier molecular flexibility index (Phi) is 3.78. The first-order valence-corrected chi connectivity index (χ1v) is 10.1. The summed E-state index contributed by atoms with van der Waals surface area (Å²) in [5, 5.41) is 13.6. The molecule has 1 heterocycles. The quantitative estimate of drug-likeness (QED) is 0.493. The molecule has 30 heavy (non-hydrogen) atoms. The Bertz CT molecular complexity index is 1220. The number of nitro benzene ring substituents is 1. The van der Waals surface area contributed by atoms with Crippen LogP contribution in [0, 0.1) is 15.5 Å². The van der Waals surface area contributed by atoms with Gasteiger partial charge in [-0.2, -0.15) is 0 Å². The molecule has 152 valence electrons. The molecular formula is C23H22N4O3. The molecule has 2 aliphatic carbocycles. The molecule has 1 N–H and O–H groups in total. The van der Waals surface area contributed by atoms with E-state index < -0.39 is 4.92 Å². The number of hydrogen-bond donors (Lipinski definition) is 1. The lowest BCUT2D eigenvalue weighted by molar-refractivity contribution is -0.384. The number of benzene rings is 2. The average molecular weight is 402 g/mol. The van der Waals surface area contributed by atoms with Gasteiger partial charge in [0, 0.05) is 34.7 Å². The third-order valence-electron chi connectivity index (χ3n) is 7.37. The van der Waals surface area contributed by atoms with E-state index >= 15 is 0 Å². The molecule has 7 nitrogen and oxygen atoms in total. The summed E-state index contributed by atoms with van der Waals surface area (Å²) in [6.45, 7) is 6.93. The van der Waals surface area contributed by atoms with Crippen LogP contribution >= 0.6 is 0 Å². The summed E-state index contributed by atoms with van der Waals surface area (Å²) < 4.78 is 0. The van der Waals surface area contributed by atoms with Crippen molar-refractivity contribution < 1.29 is 9.72 Å². The van der Waals surface area contributed by atoms with Gasteiger partial charge in [0.1, 0.15) is 0 Å². The number of anilines is 1. The fourth-order valence-electron chi connectivity index (χ4n) is 5.14. The summed E-state index contributed by atoms with van der Waals surface area (Å²) in [7, 11) is 0. The van der Waals surface area contributed by atoms with Crippen LogP contribution < -0.4 is 5.32 Å². The highest BCUT2D eigenvalue weighted by molar-refractivity contribution is 6.05. The van der Waals surface area contributed by atoms with E-state index in [0.29, 0.717) is 17.2 Å². The Hall–Kier alpha value is -3.35. The second-order valence-electron chi connectivity index (χ2n) is 9.06. The first-order chi connectivity index (χ1) is 14.2. The molecule has 2 bridgehead atoms. The predicted octanol–water partition coefficient (Wildman–Crippen LogP) is 4.97. The second-order valence-corrected chi connectivity index (χ2v) is 9.06. The Labute approximate surface area is 173 Å². The number of hydrogen-bond acceptors (Lipinski definition) is 5. The van der Waals surface area contributed by atoms with Crippen molar-refractivity contribution in [3.8, 4) is 0 Å². The second kappa shape index (κ2) is 6.08. The van der Waals surface area contributed by atoms with Crippen LogP contribution in [-0.4, -0.2) is 20.8 Å². The van der Waals surface area contributed by atoms with E-state index in [2.05, 4.69) is 26.1 Å². The molecule has 0 radical (unpaired) electrons. The molecule has 5 rings (SSSR count). The highest BCUT2D eigenvalue weighted by atomic mass is 16.6. The van der Waals surface area contributed by atoms with E-state index in [4.69, 9.17) is 9.97 Å². The highest BCUT2D eigenvalue weighted by Gasteiger charge is 2.61. The fraction of sp³-hybridized carbons (Fsp3) is 0.348. The van der Waals surface area contributed by atoms with Gasteiger partial charge >= 0.3 is 0 Å².